The van der Waals surface area contributed by atoms with E-state index < -0.39 is 11.2 Å². The van der Waals surface area contributed by atoms with E-state index in [9.17, 15) is 9.59 Å². The summed E-state index contributed by atoms with van der Waals surface area (Å²) in [4.78, 5) is 31.0. The summed E-state index contributed by atoms with van der Waals surface area (Å²) >= 11 is 0. The molecule has 0 aliphatic heterocycles. The number of fused-ring (bicyclic) bond motifs is 3. The number of rotatable bonds is 4. The van der Waals surface area contributed by atoms with E-state index in [2.05, 4.69) is 28.9 Å². The largest absolute Gasteiger partial charge is 0.497 e. The van der Waals surface area contributed by atoms with E-state index in [0.29, 0.717) is 22.7 Å². The minimum Gasteiger partial charge on any atom is -0.497 e. The maximum atomic E-state index is 12.8. The van der Waals surface area contributed by atoms with Crippen LogP contribution < -0.4 is 16.0 Å². The van der Waals surface area contributed by atoms with Crippen LogP contribution in [0.4, 0.5) is 0 Å². The van der Waals surface area contributed by atoms with Crippen LogP contribution in [-0.2, 0) is 0 Å². The lowest BCUT2D eigenvalue weighted by molar-refractivity contribution is 0.415. The highest BCUT2D eigenvalue weighted by molar-refractivity contribution is 6.04. The molecule has 0 amide bonds. The lowest BCUT2D eigenvalue weighted by Crippen LogP contribution is -2.32. The molecule has 0 fully saturated rings. The number of hydrogen-bond donors (Lipinski definition) is 2. The molecule has 2 aromatic carbocycles. The molecule has 0 saturated carbocycles. The highest BCUT2D eigenvalue weighted by atomic mass is 16.5. The molecule has 0 bridgehead atoms. The molecule has 0 spiro atoms. The Morgan fingerprint density at radius 1 is 1.04 bits per heavy atom. The van der Waals surface area contributed by atoms with Crippen LogP contribution in [0.1, 0.15) is 30.9 Å². The van der Waals surface area contributed by atoms with Gasteiger partial charge in [-0.15, -0.1) is 4.68 Å². The fourth-order valence-corrected chi connectivity index (χ4v) is 3.15. The van der Waals surface area contributed by atoms with E-state index in [1.807, 2.05) is 24.3 Å². The van der Waals surface area contributed by atoms with Crippen molar-refractivity contribution < 1.29 is 4.74 Å². The Morgan fingerprint density at radius 3 is 2.46 bits per heavy atom. The van der Waals surface area contributed by atoms with Crippen molar-refractivity contribution in [1.82, 2.24) is 14.6 Å². The zero-order valence-electron chi connectivity index (χ0n) is 15.8. The Balaban J connectivity index is 1.80. The third kappa shape index (κ3) is 3.00. The predicted octanol–water partition coefficient (Wildman–Crippen LogP) is 3.19. The number of benzene rings is 2. The second-order valence-electron chi connectivity index (χ2n) is 6.90. The molecule has 7 nitrogen and oxygen atoms in total. The van der Waals surface area contributed by atoms with Crippen LogP contribution in [0.25, 0.3) is 21.9 Å². The van der Waals surface area contributed by atoms with Gasteiger partial charge in [0.2, 0.25) is 0 Å². The Kier molecular flexibility index (Phi) is 4.35. The molecule has 0 atom stereocenters. The summed E-state index contributed by atoms with van der Waals surface area (Å²) in [5.41, 5.74) is 2.36. The minimum atomic E-state index is -0.593. The molecule has 0 aliphatic rings. The topological polar surface area (TPSA) is 92.2 Å². The molecular weight excluding hydrogens is 356 g/mol. The molecule has 0 unspecified atom stereocenters. The molecule has 4 aromatic rings. The van der Waals surface area contributed by atoms with Crippen molar-refractivity contribution in [1.29, 1.82) is 0 Å². The van der Waals surface area contributed by atoms with Crippen molar-refractivity contribution in [3.8, 4) is 5.75 Å². The maximum Gasteiger partial charge on any atom is 0.350 e. The fraction of sp³-hybridized carbons (Fsp3) is 0.190. The molecule has 0 radical (unpaired) electrons. The van der Waals surface area contributed by atoms with Crippen LogP contribution in [0.2, 0.25) is 0 Å². The quantitative estimate of drug-likeness (QED) is 0.536. The van der Waals surface area contributed by atoms with Gasteiger partial charge in [-0.3, -0.25) is 4.79 Å². The number of aromatic amines is 2. The summed E-state index contributed by atoms with van der Waals surface area (Å²) in [6.07, 6.45) is 1.50. The molecule has 142 valence electrons. The molecule has 2 heterocycles. The highest BCUT2D eigenvalue weighted by Gasteiger charge is 2.13. The van der Waals surface area contributed by atoms with Gasteiger partial charge in [0.25, 0.3) is 0 Å². The lowest BCUT2D eigenvalue weighted by atomic mass is 10.0. The summed E-state index contributed by atoms with van der Waals surface area (Å²) in [5.74, 6) is 1.09. The normalized spacial score (nSPS) is 11.9. The first-order valence-electron chi connectivity index (χ1n) is 8.97. The van der Waals surface area contributed by atoms with E-state index in [-0.39, 0.29) is 5.52 Å². The van der Waals surface area contributed by atoms with Crippen LogP contribution in [0.15, 0.2) is 57.2 Å². The molecule has 7 heteroatoms. The number of H-pyrrole nitrogens is 2. The van der Waals surface area contributed by atoms with Crippen LogP contribution in [0.5, 0.6) is 5.75 Å². The second kappa shape index (κ2) is 6.84. The first kappa shape index (κ1) is 17.8. The van der Waals surface area contributed by atoms with Gasteiger partial charge in [-0.05, 0) is 29.2 Å². The molecule has 0 saturated heterocycles. The lowest BCUT2D eigenvalue weighted by Gasteiger charge is -2.04. The summed E-state index contributed by atoms with van der Waals surface area (Å²) in [6.45, 7) is 4.24. The predicted molar refractivity (Wildman–Crippen MR) is 111 cm³/mol. The Morgan fingerprint density at radius 2 is 1.79 bits per heavy atom. The van der Waals surface area contributed by atoms with Crippen molar-refractivity contribution in [3.63, 3.8) is 0 Å². The van der Waals surface area contributed by atoms with Gasteiger partial charge in [0.05, 0.1) is 24.4 Å². The Labute approximate surface area is 160 Å². The van der Waals surface area contributed by atoms with Gasteiger partial charge in [0, 0.05) is 11.5 Å². The number of hydrogen-bond acceptors (Lipinski definition) is 4. The van der Waals surface area contributed by atoms with Crippen molar-refractivity contribution in [3.05, 3.63) is 74.4 Å². The van der Waals surface area contributed by atoms with E-state index in [1.54, 1.807) is 25.3 Å². The third-order valence-corrected chi connectivity index (χ3v) is 4.76. The van der Waals surface area contributed by atoms with Crippen molar-refractivity contribution in [2.75, 3.05) is 7.11 Å². The summed E-state index contributed by atoms with van der Waals surface area (Å²) < 4.78 is 6.03. The third-order valence-electron chi connectivity index (χ3n) is 4.76. The minimum absolute atomic E-state index is 0.287. The number of aromatic nitrogens is 3. The molecular formula is C21H20N4O3. The summed E-state index contributed by atoms with van der Waals surface area (Å²) in [5, 5.41) is 4.84. The summed E-state index contributed by atoms with van der Waals surface area (Å²) in [7, 11) is 1.57. The molecule has 2 aromatic heterocycles. The van der Waals surface area contributed by atoms with Crippen LogP contribution in [-0.4, -0.2) is 28.0 Å². The van der Waals surface area contributed by atoms with Crippen molar-refractivity contribution >= 4 is 28.2 Å². The van der Waals surface area contributed by atoms with E-state index in [4.69, 9.17) is 4.74 Å². The van der Waals surface area contributed by atoms with Crippen molar-refractivity contribution in [2.45, 2.75) is 19.8 Å². The average molecular weight is 376 g/mol. The number of methoxy groups -OCH3 is 1. The maximum absolute atomic E-state index is 12.8. The Bertz CT molecular complexity index is 1310. The first-order chi connectivity index (χ1) is 13.5. The van der Waals surface area contributed by atoms with Crippen LogP contribution in [0.3, 0.4) is 0 Å². The monoisotopic (exact) mass is 376 g/mol. The molecule has 28 heavy (non-hydrogen) atoms. The van der Waals surface area contributed by atoms with Gasteiger partial charge in [0.15, 0.2) is 0 Å². The molecule has 2 N–H and O–H groups in total. The highest BCUT2D eigenvalue weighted by Crippen LogP contribution is 2.24. The van der Waals surface area contributed by atoms with Gasteiger partial charge in [-0.2, -0.15) is 5.10 Å². The van der Waals surface area contributed by atoms with E-state index >= 15 is 0 Å². The number of ether oxygens (including phenoxy) is 1. The van der Waals surface area contributed by atoms with Crippen LogP contribution >= 0.6 is 0 Å². The van der Waals surface area contributed by atoms with Gasteiger partial charge < -0.3 is 14.7 Å². The van der Waals surface area contributed by atoms with E-state index in [0.717, 1.165) is 15.6 Å². The smallest absolute Gasteiger partial charge is 0.350 e. The summed E-state index contributed by atoms with van der Waals surface area (Å²) in [6, 6.07) is 13.2. The number of nitrogens with one attached hydrogen (secondary N) is 2. The number of nitrogens with zero attached hydrogens (tertiary/aromatic N) is 2. The molecule has 4 rings (SSSR count). The fourth-order valence-electron chi connectivity index (χ4n) is 3.15. The first-order valence-corrected chi connectivity index (χ1v) is 8.97. The van der Waals surface area contributed by atoms with E-state index in [1.165, 1.54) is 11.8 Å². The second-order valence-corrected chi connectivity index (χ2v) is 6.90. The average Bonchev–Trinajstić information content (AvgIpc) is 3.06. The zero-order valence-corrected chi connectivity index (χ0v) is 15.8. The Hall–Kier alpha value is -3.61. The van der Waals surface area contributed by atoms with Gasteiger partial charge in [0.1, 0.15) is 11.3 Å². The van der Waals surface area contributed by atoms with Crippen molar-refractivity contribution in [2.24, 2.45) is 5.10 Å². The zero-order chi connectivity index (χ0) is 19.8. The molecule has 0 aliphatic carbocycles. The van der Waals surface area contributed by atoms with Gasteiger partial charge >= 0.3 is 11.2 Å². The van der Waals surface area contributed by atoms with Gasteiger partial charge in [-0.25, -0.2) is 4.79 Å². The SMILES string of the molecule is COc1ccc2c(c1)[nH]c1c(=O)n(N=Cc3ccc(C(C)C)cc3)c(=O)[nH]c12. The van der Waals surface area contributed by atoms with Crippen LogP contribution in [0, 0.1) is 0 Å². The standard InChI is InChI=1S/C21H20N4O3/c1-12(2)14-6-4-13(5-7-14)11-22-25-20(26)19-18(24-21(25)27)16-9-8-15(28-3)10-17(16)23-19/h4-12,23H,1-3H3,(H,24,27). The van der Waals surface area contributed by atoms with Gasteiger partial charge in [-0.1, -0.05) is 38.1 Å².